The predicted molar refractivity (Wildman–Crippen MR) is 62.6 cm³/mol. The van der Waals surface area contributed by atoms with Crippen LogP contribution in [0.1, 0.15) is 25.3 Å². The highest BCUT2D eigenvalue weighted by molar-refractivity contribution is 5.79. The van der Waals surface area contributed by atoms with Gasteiger partial charge in [-0.3, -0.25) is 0 Å². The van der Waals surface area contributed by atoms with E-state index in [9.17, 15) is 0 Å². The van der Waals surface area contributed by atoms with Crippen LogP contribution in [0, 0.1) is 0 Å². The van der Waals surface area contributed by atoms with Crippen molar-refractivity contribution in [2.24, 2.45) is 16.5 Å². The summed E-state index contributed by atoms with van der Waals surface area (Å²) < 4.78 is 5.26. The lowest BCUT2D eigenvalue weighted by molar-refractivity contribution is 0.407. The number of benzene rings is 1. The summed E-state index contributed by atoms with van der Waals surface area (Å²) >= 11 is 0. The molecular formula is C11H17N3O. The van der Waals surface area contributed by atoms with Gasteiger partial charge in [0, 0.05) is 0 Å². The molecule has 0 spiro atoms. The molecule has 1 aromatic rings. The molecule has 0 unspecified atom stereocenters. The summed E-state index contributed by atoms with van der Waals surface area (Å²) in [6.07, 6.45) is 0. The third-order valence-electron chi connectivity index (χ3n) is 2.09. The summed E-state index contributed by atoms with van der Waals surface area (Å²) in [6.45, 7) is 4.19. The molecule has 0 saturated heterocycles. The van der Waals surface area contributed by atoms with Crippen LogP contribution in [0.3, 0.4) is 0 Å². The molecule has 0 aromatic heterocycles. The standard InChI is InChI=1S/C11H17N3O/c1-7(2)9-6-8(14-11(12)13)4-5-10(9)15-3/h4-7H,1-3H3,(H4,12,13,14). The highest BCUT2D eigenvalue weighted by Gasteiger charge is 2.07. The first kappa shape index (κ1) is 11.4. The van der Waals surface area contributed by atoms with E-state index < -0.39 is 0 Å². The van der Waals surface area contributed by atoms with Crippen molar-refractivity contribution >= 4 is 11.6 Å². The number of hydrogen-bond acceptors (Lipinski definition) is 2. The Labute approximate surface area is 89.9 Å². The van der Waals surface area contributed by atoms with Gasteiger partial charge in [0.05, 0.1) is 12.8 Å². The van der Waals surface area contributed by atoms with Crippen LogP contribution in [-0.2, 0) is 0 Å². The monoisotopic (exact) mass is 207 g/mol. The Morgan fingerprint density at radius 1 is 1.33 bits per heavy atom. The van der Waals surface area contributed by atoms with Crippen molar-refractivity contribution < 1.29 is 4.74 Å². The molecule has 0 aliphatic carbocycles. The van der Waals surface area contributed by atoms with Crippen LogP contribution in [0.15, 0.2) is 23.2 Å². The van der Waals surface area contributed by atoms with Crippen molar-refractivity contribution in [2.45, 2.75) is 19.8 Å². The van der Waals surface area contributed by atoms with E-state index in [2.05, 4.69) is 18.8 Å². The fraction of sp³-hybridized carbons (Fsp3) is 0.364. The van der Waals surface area contributed by atoms with Gasteiger partial charge in [-0.2, -0.15) is 0 Å². The van der Waals surface area contributed by atoms with Gasteiger partial charge < -0.3 is 16.2 Å². The minimum atomic E-state index is 0.0647. The van der Waals surface area contributed by atoms with Crippen molar-refractivity contribution in [2.75, 3.05) is 7.11 Å². The Morgan fingerprint density at radius 3 is 2.47 bits per heavy atom. The number of methoxy groups -OCH3 is 1. The summed E-state index contributed by atoms with van der Waals surface area (Å²) in [5.74, 6) is 1.29. The maximum absolute atomic E-state index is 5.32. The first-order chi connectivity index (χ1) is 7.04. The second-order valence-corrected chi connectivity index (χ2v) is 3.62. The average Bonchev–Trinajstić information content (AvgIpc) is 2.16. The Hall–Kier alpha value is -1.71. The lowest BCUT2D eigenvalue weighted by Crippen LogP contribution is -2.21. The van der Waals surface area contributed by atoms with Gasteiger partial charge in [0.25, 0.3) is 0 Å². The van der Waals surface area contributed by atoms with Gasteiger partial charge in [0.2, 0.25) is 0 Å². The van der Waals surface area contributed by atoms with Gasteiger partial charge in [0.1, 0.15) is 5.75 Å². The highest BCUT2D eigenvalue weighted by Crippen LogP contribution is 2.30. The highest BCUT2D eigenvalue weighted by atomic mass is 16.5. The van der Waals surface area contributed by atoms with E-state index in [1.807, 2.05) is 18.2 Å². The molecule has 0 heterocycles. The van der Waals surface area contributed by atoms with E-state index in [0.717, 1.165) is 17.0 Å². The second-order valence-electron chi connectivity index (χ2n) is 3.62. The van der Waals surface area contributed by atoms with Crippen molar-refractivity contribution in [1.29, 1.82) is 0 Å². The fourth-order valence-corrected chi connectivity index (χ4v) is 1.39. The van der Waals surface area contributed by atoms with Crippen LogP contribution in [0.25, 0.3) is 0 Å². The normalized spacial score (nSPS) is 10.1. The maximum atomic E-state index is 5.32. The Bertz CT molecular complexity index is 368. The van der Waals surface area contributed by atoms with E-state index in [-0.39, 0.29) is 5.96 Å². The summed E-state index contributed by atoms with van der Waals surface area (Å²) in [7, 11) is 1.65. The van der Waals surface area contributed by atoms with Crippen LogP contribution < -0.4 is 16.2 Å². The van der Waals surface area contributed by atoms with E-state index in [1.54, 1.807) is 7.11 Å². The summed E-state index contributed by atoms with van der Waals surface area (Å²) in [6, 6.07) is 5.63. The van der Waals surface area contributed by atoms with Gasteiger partial charge in [0.15, 0.2) is 5.96 Å². The number of nitrogens with zero attached hydrogens (tertiary/aromatic N) is 1. The molecule has 0 aliphatic rings. The maximum Gasteiger partial charge on any atom is 0.191 e. The largest absolute Gasteiger partial charge is 0.496 e. The van der Waals surface area contributed by atoms with Crippen LogP contribution in [0.5, 0.6) is 5.75 Å². The molecule has 1 aromatic carbocycles. The number of nitrogens with two attached hydrogens (primary N) is 2. The van der Waals surface area contributed by atoms with E-state index >= 15 is 0 Å². The number of aliphatic imine (C=N–C) groups is 1. The molecule has 4 nitrogen and oxygen atoms in total. The molecule has 0 amide bonds. The molecule has 0 radical (unpaired) electrons. The third-order valence-corrected chi connectivity index (χ3v) is 2.09. The Kier molecular flexibility index (Phi) is 3.55. The number of hydrogen-bond donors (Lipinski definition) is 2. The molecule has 0 fully saturated rings. The predicted octanol–water partition coefficient (Wildman–Crippen LogP) is 1.72. The van der Waals surface area contributed by atoms with Crippen molar-refractivity contribution in [1.82, 2.24) is 0 Å². The van der Waals surface area contributed by atoms with Gasteiger partial charge in [-0.25, -0.2) is 4.99 Å². The Balaban J connectivity index is 3.16. The zero-order valence-electron chi connectivity index (χ0n) is 9.32. The second kappa shape index (κ2) is 4.68. The molecule has 15 heavy (non-hydrogen) atoms. The van der Waals surface area contributed by atoms with Gasteiger partial charge >= 0.3 is 0 Å². The van der Waals surface area contributed by atoms with Crippen LogP contribution in [-0.4, -0.2) is 13.1 Å². The fourth-order valence-electron chi connectivity index (χ4n) is 1.39. The SMILES string of the molecule is COc1ccc(N=C(N)N)cc1C(C)C. The van der Waals surface area contributed by atoms with Gasteiger partial charge in [-0.05, 0) is 29.7 Å². The van der Waals surface area contributed by atoms with E-state index in [4.69, 9.17) is 16.2 Å². The summed E-state index contributed by atoms with van der Waals surface area (Å²) in [5, 5.41) is 0. The van der Waals surface area contributed by atoms with Crippen LogP contribution >= 0.6 is 0 Å². The average molecular weight is 207 g/mol. The smallest absolute Gasteiger partial charge is 0.191 e. The molecule has 0 saturated carbocycles. The number of guanidine groups is 1. The van der Waals surface area contributed by atoms with E-state index in [0.29, 0.717) is 5.92 Å². The van der Waals surface area contributed by atoms with E-state index in [1.165, 1.54) is 0 Å². The zero-order chi connectivity index (χ0) is 11.4. The topological polar surface area (TPSA) is 73.6 Å². The van der Waals surface area contributed by atoms with Crippen LogP contribution in [0.4, 0.5) is 5.69 Å². The van der Waals surface area contributed by atoms with Crippen molar-refractivity contribution in [3.8, 4) is 5.75 Å². The summed E-state index contributed by atoms with van der Waals surface area (Å²) in [5.41, 5.74) is 12.5. The minimum absolute atomic E-state index is 0.0647. The molecule has 82 valence electrons. The van der Waals surface area contributed by atoms with Gasteiger partial charge in [-0.15, -0.1) is 0 Å². The molecular weight excluding hydrogens is 190 g/mol. The Morgan fingerprint density at radius 2 is 2.00 bits per heavy atom. The molecule has 1 rings (SSSR count). The first-order valence-electron chi connectivity index (χ1n) is 4.82. The van der Waals surface area contributed by atoms with Crippen molar-refractivity contribution in [3.05, 3.63) is 23.8 Å². The first-order valence-corrected chi connectivity index (χ1v) is 4.82. The third kappa shape index (κ3) is 2.87. The number of rotatable bonds is 3. The molecule has 4 heteroatoms. The summed E-state index contributed by atoms with van der Waals surface area (Å²) in [4.78, 5) is 3.99. The lowest BCUT2D eigenvalue weighted by atomic mass is 10.0. The molecule has 0 atom stereocenters. The molecule has 4 N–H and O–H groups in total. The number of ether oxygens (including phenoxy) is 1. The quantitative estimate of drug-likeness (QED) is 0.585. The van der Waals surface area contributed by atoms with Crippen LogP contribution in [0.2, 0.25) is 0 Å². The van der Waals surface area contributed by atoms with Gasteiger partial charge in [-0.1, -0.05) is 13.8 Å². The molecule has 0 bridgehead atoms. The molecule has 0 aliphatic heterocycles. The lowest BCUT2D eigenvalue weighted by Gasteiger charge is -2.12. The minimum Gasteiger partial charge on any atom is -0.496 e. The zero-order valence-corrected chi connectivity index (χ0v) is 9.32. The van der Waals surface area contributed by atoms with Crippen molar-refractivity contribution in [3.63, 3.8) is 0 Å².